The smallest absolute Gasteiger partial charge is 0.254 e. The van der Waals surface area contributed by atoms with E-state index in [1.54, 1.807) is 0 Å². The third-order valence-electron chi connectivity index (χ3n) is 8.23. The molecule has 2 amide bonds. The van der Waals surface area contributed by atoms with Crippen LogP contribution in [-0.4, -0.2) is 62.7 Å². The van der Waals surface area contributed by atoms with Gasteiger partial charge in [-0.1, -0.05) is 36.8 Å². The van der Waals surface area contributed by atoms with E-state index in [9.17, 15) is 9.59 Å². The van der Waals surface area contributed by atoms with Crippen LogP contribution in [0.4, 0.5) is 0 Å². The molecule has 1 aromatic rings. The first-order valence-electron chi connectivity index (χ1n) is 12.2. The Hall–Kier alpha value is -2.18. The van der Waals surface area contributed by atoms with Gasteiger partial charge in [-0.25, -0.2) is 0 Å². The molecule has 172 valence electrons. The molecule has 3 atom stereocenters. The first-order chi connectivity index (χ1) is 15.6. The van der Waals surface area contributed by atoms with Crippen LogP contribution >= 0.6 is 0 Å². The molecule has 3 fully saturated rings. The summed E-state index contributed by atoms with van der Waals surface area (Å²) in [5.41, 5.74) is 1.36. The Morgan fingerprint density at radius 3 is 2.84 bits per heavy atom. The summed E-state index contributed by atoms with van der Waals surface area (Å²) in [6.45, 7) is 4.73. The van der Waals surface area contributed by atoms with E-state index in [1.807, 2.05) is 29.2 Å². The van der Waals surface area contributed by atoms with E-state index < -0.39 is 5.41 Å². The second-order valence-electron chi connectivity index (χ2n) is 10.2. The first-order valence-corrected chi connectivity index (χ1v) is 12.2. The van der Waals surface area contributed by atoms with E-state index in [0.717, 1.165) is 56.4 Å². The number of allylic oxidation sites excluding steroid dienone is 1. The van der Waals surface area contributed by atoms with Crippen molar-refractivity contribution in [2.45, 2.75) is 38.5 Å². The lowest BCUT2D eigenvalue weighted by atomic mass is 9.78. The lowest BCUT2D eigenvalue weighted by Crippen LogP contribution is -2.55. The molecule has 6 heteroatoms. The topological polar surface area (TPSA) is 70.7 Å². The molecule has 3 heterocycles. The Labute approximate surface area is 190 Å². The summed E-state index contributed by atoms with van der Waals surface area (Å²) < 4.78 is 5.99. The zero-order valence-corrected chi connectivity index (χ0v) is 18.9. The van der Waals surface area contributed by atoms with E-state index >= 15 is 0 Å². The molecular weight excluding hydrogens is 402 g/mol. The van der Waals surface area contributed by atoms with Crippen LogP contribution < -0.4 is 10.6 Å². The number of ether oxygens (including phenoxy) is 1. The summed E-state index contributed by atoms with van der Waals surface area (Å²) in [5.74, 6) is 0.701. The van der Waals surface area contributed by atoms with Crippen molar-refractivity contribution in [3.05, 3.63) is 47.5 Å². The van der Waals surface area contributed by atoms with E-state index in [1.165, 1.54) is 6.42 Å². The number of nitrogens with zero attached hydrogens (tertiary/aromatic N) is 1. The molecule has 2 bridgehead atoms. The number of rotatable bonds is 0. The summed E-state index contributed by atoms with van der Waals surface area (Å²) in [6, 6.07) is 7.96. The number of nitrogens with one attached hydrogen (secondary N) is 2. The third-order valence-corrected chi connectivity index (χ3v) is 8.23. The van der Waals surface area contributed by atoms with Crippen molar-refractivity contribution >= 4 is 11.8 Å². The van der Waals surface area contributed by atoms with Crippen molar-refractivity contribution in [3.8, 4) is 0 Å². The molecule has 1 aliphatic carbocycles. The minimum atomic E-state index is -0.505. The minimum Gasteiger partial charge on any atom is -0.376 e. The Morgan fingerprint density at radius 2 is 1.97 bits per heavy atom. The fourth-order valence-corrected chi connectivity index (χ4v) is 6.33. The highest BCUT2D eigenvalue weighted by Gasteiger charge is 2.51. The molecule has 2 saturated heterocycles. The van der Waals surface area contributed by atoms with E-state index in [4.69, 9.17) is 4.74 Å². The van der Waals surface area contributed by atoms with Gasteiger partial charge in [0.05, 0.1) is 18.6 Å². The molecule has 3 aliphatic heterocycles. The zero-order chi connectivity index (χ0) is 22.0. The normalized spacial score (nSPS) is 34.8. The molecule has 1 unspecified atom stereocenters. The van der Waals surface area contributed by atoms with Gasteiger partial charge in [-0.2, -0.15) is 0 Å². The predicted octanol–water partition coefficient (Wildman–Crippen LogP) is 2.54. The Balaban J connectivity index is 1.44. The van der Waals surface area contributed by atoms with E-state index in [0.29, 0.717) is 38.6 Å². The van der Waals surface area contributed by atoms with Crippen molar-refractivity contribution in [1.29, 1.82) is 0 Å². The van der Waals surface area contributed by atoms with Crippen LogP contribution in [0.3, 0.4) is 0 Å². The van der Waals surface area contributed by atoms with Crippen LogP contribution in [0.15, 0.2) is 36.4 Å². The van der Waals surface area contributed by atoms with Crippen molar-refractivity contribution in [2.24, 2.45) is 16.7 Å². The second kappa shape index (κ2) is 8.99. The Morgan fingerprint density at radius 1 is 1.06 bits per heavy atom. The molecule has 0 aromatic heterocycles. The van der Waals surface area contributed by atoms with Gasteiger partial charge >= 0.3 is 0 Å². The van der Waals surface area contributed by atoms with Gasteiger partial charge in [-0.3, -0.25) is 9.59 Å². The van der Waals surface area contributed by atoms with Gasteiger partial charge in [0.15, 0.2) is 0 Å². The van der Waals surface area contributed by atoms with Gasteiger partial charge in [0.25, 0.3) is 5.91 Å². The minimum absolute atomic E-state index is 0.00137. The van der Waals surface area contributed by atoms with Crippen molar-refractivity contribution in [2.75, 3.05) is 45.9 Å². The maximum Gasteiger partial charge on any atom is 0.254 e. The van der Waals surface area contributed by atoms with E-state index in [-0.39, 0.29) is 17.2 Å². The predicted molar refractivity (Wildman–Crippen MR) is 123 cm³/mol. The highest BCUT2D eigenvalue weighted by molar-refractivity contribution is 5.96. The summed E-state index contributed by atoms with van der Waals surface area (Å²) in [7, 11) is 0. The summed E-state index contributed by atoms with van der Waals surface area (Å²) >= 11 is 0. The number of fused-ring (bicyclic) bond motifs is 2. The standard InChI is InChI=1S/C26H35N3O3/c30-23-22-10-2-1-7-20(22)8-3-4-14-32-19-26(12-6-13-27-16-26)24(31)28-17-25-11-5-9-21(25)15-29(23)18-25/h1-4,7,10,21,27H,5-6,8-9,11-19H2,(H,28,31)/b4-3+/t21-,25-,26?/m0/s1. The third kappa shape index (κ3) is 3.99. The number of piperidine rings is 1. The average Bonchev–Trinajstić information content (AvgIpc) is 3.37. The lowest BCUT2D eigenvalue weighted by Gasteiger charge is -2.37. The Bertz CT molecular complexity index is 892. The fraction of sp³-hybridized carbons (Fsp3) is 0.615. The van der Waals surface area contributed by atoms with Gasteiger partial charge in [0.1, 0.15) is 0 Å². The van der Waals surface area contributed by atoms with Gasteiger partial charge in [-0.05, 0) is 56.2 Å². The van der Waals surface area contributed by atoms with Gasteiger partial charge in [0.2, 0.25) is 5.91 Å². The molecule has 1 saturated carbocycles. The van der Waals surface area contributed by atoms with Gasteiger partial charge in [-0.15, -0.1) is 0 Å². The van der Waals surface area contributed by atoms with Gasteiger partial charge < -0.3 is 20.3 Å². The Kier molecular flexibility index (Phi) is 6.08. The second-order valence-corrected chi connectivity index (χ2v) is 10.2. The number of amides is 2. The molecule has 32 heavy (non-hydrogen) atoms. The summed E-state index contributed by atoms with van der Waals surface area (Å²) in [5, 5.41) is 6.75. The summed E-state index contributed by atoms with van der Waals surface area (Å²) in [6.07, 6.45) is 10.0. The van der Waals surface area contributed by atoms with Crippen molar-refractivity contribution < 1.29 is 14.3 Å². The maximum absolute atomic E-state index is 13.5. The van der Waals surface area contributed by atoms with Gasteiger partial charge in [0, 0.05) is 37.2 Å². The molecule has 2 N–H and O–H groups in total. The number of hydrogen-bond donors (Lipinski definition) is 2. The van der Waals surface area contributed by atoms with Crippen LogP contribution in [0.5, 0.6) is 0 Å². The summed E-state index contributed by atoms with van der Waals surface area (Å²) in [4.78, 5) is 29.0. The fourth-order valence-electron chi connectivity index (χ4n) is 6.33. The van der Waals surface area contributed by atoms with Crippen LogP contribution in [0.1, 0.15) is 48.0 Å². The molecule has 0 radical (unpaired) electrons. The molecule has 1 aromatic carbocycles. The van der Waals surface area contributed by atoms with Crippen molar-refractivity contribution in [3.63, 3.8) is 0 Å². The van der Waals surface area contributed by atoms with Crippen LogP contribution in [0, 0.1) is 16.7 Å². The SMILES string of the molecule is O=C1c2ccccc2C/C=C/COCC2(CCCNC2)C(=O)NC[C@]23CCC[C@H]2CN1C3. The zero-order valence-electron chi connectivity index (χ0n) is 18.9. The first kappa shape index (κ1) is 21.7. The van der Waals surface area contributed by atoms with Crippen molar-refractivity contribution in [1.82, 2.24) is 15.5 Å². The van der Waals surface area contributed by atoms with Crippen LogP contribution in [0.2, 0.25) is 0 Å². The number of hydrogen-bond acceptors (Lipinski definition) is 4. The van der Waals surface area contributed by atoms with Crippen LogP contribution in [0.25, 0.3) is 0 Å². The molecule has 6 nitrogen and oxygen atoms in total. The number of benzene rings is 1. The molecule has 4 aliphatic rings. The average molecular weight is 438 g/mol. The number of carbonyl (C=O) groups is 2. The molecular formula is C26H35N3O3. The number of carbonyl (C=O) groups excluding carboxylic acids is 2. The maximum atomic E-state index is 13.5. The quantitative estimate of drug-likeness (QED) is 0.612. The molecule has 5 rings (SSSR count). The highest BCUT2D eigenvalue weighted by atomic mass is 16.5. The lowest BCUT2D eigenvalue weighted by molar-refractivity contribution is -0.136. The monoisotopic (exact) mass is 437 g/mol. The molecule has 2 spiro atoms. The van der Waals surface area contributed by atoms with Crippen LogP contribution in [-0.2, 0) is 16.0 Å². The largest absolute Gasteiger partial charge is 0.376 e. The highest BCUT2D eigenvalue weighted by Crippen LogP contribution is 2.48. The van der Waals surface area contributed by atoms with E-state index in [2.05, 4.69) is 22.8 Å².